The van der Waals surface area contributed by atoms with Crippen LogP contribution in [0.3, 0.4) is 0 Å². The quantitative estimate of drug-likeness (QED) is 0.273. The van der Waals surface area contributed by atoms with Gasteiger partial charge in [0, 0.05) is 19.7 Å². The van der Waals surface area contributed by atoms with E-state index in [1.54, 1.807) is 0 Å². The van der Waals surface area contributed by atoms with Crippen molar-refractivity contribution in [3.63, 3.8) is 0 Å². The molecular formula is C15H17BrFN3O2S. The molecule has 1 unspecified atom stereocenters. The lowest BCUT2D eigenvalue weighted by Gasteiger charge is -2.29. The second-order valence-electron chi connectivity index (χ2n) is 5.68. The Morgan fingerprint density at radius 2 is 2.09 bits per heavy atom. The Morgan fingerprint density at radius 3 is 2.61 bits per heavy atom. The smallest absolute Gasteiger partial charge is 0.252 e. The molecule has 1 amide bonds. The van der Waals surface area contributed by atoms with Crippen molar-refractivity contribution in [2.24, 2.45) is 16.4 Å². The van der Waals surface area contributed by atoms with E-state index in [4.69, 9.17) is 5.53 Å². The number of hydrogen-bond donors (Lipinski definition) is 0. The summed E-state index contributed by atoms with van der Waals surface area (Å²) in [7, 11) is 0. The van der Waals surface area contributed by atoms with Crippen LogP contribution in [-0.4, -0.2) is 11.0 Å². The molecule has 23 heavy (non-hydrogen) atoms. The van der Waals surface area contributed by atoms with E-state index < -0.39 is 17.1 Å². The van der Waals surface area contributed by atoms with Gasteiger partial charge in [-0.1, -0.05) is 45.9 Å². The third kappa shape index (κ3) is 4.56. The first-order valence-electron chi connectivity index (χ1n) is 6.95. The summed E-state index contributed by atoms with van der Waals surface area (Å²) >= 11 is 4.13. The predicted molar refractivity (Wildman–Crippen MR) is 91.7 cm³/mol. The molecule has 0 N–H and O–H groups in total. The number of rotatable bonds is 5. The summed E-state index contributed by atoms with van der Waals surface area (Å²) in [5, 5.41) is 2.81. The third-order valence-electron chi connectivity index (χ3n) is 3.96. The van der Waals surface area contributed by atoms with Crippen LogP contribution in [0.15, 0.2) is 26.6 Å². The SMILES string of the molecule is CCC(C)C(C)(C)C(=O)Sc1cc(C(=O)N=[N+]=[N-])c(F)cc1Br. The van der Waals surface area contributed by atoms with Gasteiger partial charge in [0.1, 0.15) is 5.82 Å². The van der Waals surface area contributed by atoms with Crippen LogP contribution < -0.4 is 0 Å². The second kappa shape index (κ2) is 7.95. The van der Waals surface area contributed by atoms with Gasteiger partial charge in [0.25, 0.3) is 5.91 Å². The normalized spacial score (nSPS) is 12.4. The van der Waals surface area contributed by atoms with Crippen LogP contribution in [0.25, 0.3) is 10.4 Å². The average molecular weight is 402 g/mol. The van der Waals surface area contributed by atoms with Gasteiger partial charge < -0.3 is 0 Å². The Balaban J connectivity index is 3.19. The number of carbonyl (C=O) groups excluding carboxylic acids is 2. The van der Waals surface area contributed by atoms with Crippen LogP contribution in [0, 0.1) is 17.2 Å². The van der Waals surface area contributed by atoms with E-state index in [0.29, 0.717) is 9.37 Å². The minimum absolute atomic E-state index is 0.0821. The Labute approximate surface area is 146 Å². The molecule has 0 spiro atoms. The number of azide groups is 1. The van der Waals surface area contributed by atoms with E-state index in [0.717, 1.165) is 24.2 Å². The number of carbonyl (C=O) groups is 2. The molecule has 0 radical (unpaired) electrons. The van der Waals surface area contributed by atoms with Gasteiger partial charge in [-0.05, 0) is 44.6 Å². The molecule has 1 rings (SSSR count). The maximum atomic E-state index is 13.8. The van der Waals surface area contributed by atoms with Crippen molar-refractivity contribution in [3.8, 4) is 0 Å². The lowest BCUT2D eigenvalue weighted by molar-refractivity contribution is -0.120. The van der Waals surface area contributed by atoms with Gasteiger partial charge in [-0.2, -0.15) is 0 Å². The van der Waals surface area contributed by atoms with Gasteiger partial charge in [0.15, 0.2) is 5.12 Å². The van der Waals surface area contributed by atoms with Gasteiger partial charge in [-0.25, -0.2) is 4.39 Å². The maximum absolute atomic E-state index is 13.8. The number of benzene rings is 1. The first kappa shape index (κ1) is 19.7. The van der Waals surface area contributed by atoms with Crippen LogP contribution >= 0.6 is 27.7 Å². The molecule has 124 valence electrons. The highest BCUT2D eigenvalue weighted by molar-refractivity contribution is 9.10. The van der Waals surface area contributed by atoms with Gasteiger partial charge in [-0.15, -0.1) is 0 Å². The highest BCUT2D eigenvalue weighted by Crippen LogP contribution is 2.39. The monoisotopic (exact) mass is 401 g/mol. The summed E-state index contributed by atoms with van der Waals surface area (Å²) in [6.07, 6.45) is 0.852. The fourth-order valence-electron chi connectivity index (χ4n) is 1.81. The summed E-state index contributed by atoms with van der Waals surface area (Å²) in [6.45, 7) is 7.73. The standard InChI is InChI=1S/C15H17BrFN3O2S/c1-5-8(2)15(3,4)14(22)23-12-6-9(13(21)19-20-18)11(17)7-10(12)16/h6-8H,5H2,1-4H3. The van der Waals surface area contributed by atoms with Crippen LogP contribution in [0.5, 0.6) is 0 Å². The van der Waals surface area contributed by atoms with Crippen molar-refractivity contribution < 1.29 is 14.0 Å². The Morgan fingerprint density at radius 1 is 1.48 bits per heavy atom. The van der Waals surface area contributed by atoms with Gasteiger partial charge >= 0.3 is 0 Å². The van der Waals surface area contributed by atoms with Crippen LogP contribution in [0.4, 0.5) is 4.39 Å². The van der Waals surface area contributed by atoms with Gasteiger partial charge in [0.05, 0.1) is 5.56 Å². The van der Waals surface area contributed by atoms with Crippen molar-refractivity contribution in [1.29, 1.82) is 0 Å². The van der Waals surface area contributed by atoms with E-state index in [1.165, 1.54) is 6.07 Å². The molecule has 1 aromatic rings. The van der Waals surface area contributed by atoms with Gasteiger partial charge in [0.2, 0.25) is 0 Å². The zero-order valence-electron chi connectivity index (χ0n) is 13.3. The molecular weight excluding hydrogens is 385 g/mol. The maximum Gasteiger partial charge on any atom is 0.252 e. The number of amides is 1. The second-order valence-corrected chi connectivity index (χ2v) is 7.55. The number of halogens is 2. The molecule has 8 heteroatoms. The Kier molecular flexibility index (Phi) is 6.80. The van der Waals surface area contributed by atoms with E-state index in [1.807, 2.05) is 27.7 Å². The van der Waals surface area contributed by atoms with Crippen molar-refractivity contribution >= 4 is 38.7 Å². The first-order chi connectivity index (χ1) is 10.6. The van der Waals surface area contributed by atoms with E-state index in [9.17, 15) is 14.0 Å². The number of nitrogens with zero attached hydrogens (tertiary/aromatic N) is 3. The summed E-state index contributed by atoms with van der Waals surface area (Å²) in [5.41, 5.74) is 7.37. The lowest BCUT2D eigenvalue weighted by atomic mass is 9.80. The van der Waals surface area contributed by atoms with E-state index in [-0.39, 0.29) is 16.6 Å². The molecule has 1 atom stereocenters. The van der Waals surface area contributed by atoms with Crippen LogP contribution in [-0.2, 0) is 4.79 Å². The Bertz CT molecular complexity index is 688. The summed E-state index contributed by atoms with van der Waals surface area (Å²) in [4.78, 5) is 26.9. The van der Waals surface area contributed by atoms with Gasteiger partial charge in [-0.3, -0.25) is 9.59 Å². The predicted octanol–water partition coefficient (Wildman–Crippen LogP) is 5.73. The third-order valence-corrected chi connectivity index (χ3v) is 6.15. The zero-order valence-corrected chi connectivity index (χ0v) is 15.7. The molecule has 0 aliphatic heterocycles. The molecule has 0 aromatic heterocycles. The highest BCUT2D eigenvalue weighted by Gasteiger charge is 2.33. The molecule has 1 aromatic carbocycles. The van der Waals surface area contributed by atoms with E-state index >= 15 is 0 Å². The molecule has 0 bridgehead atoms. The Hall–Kier alpha value is -1.37. The zero-order chi connectivity index (χ0) is 17.8. The van der Waals surface area contributed by atoms with Crippen molar-refractivity contribution in [3.05, 3.63) is 38.4 Å². The summed E-state index contributed by atoms with van der Waals surface area (Å²) in [6, 6.07) is 2.32. The van der Waals surface area contributed by atoms with Crippen LogP contribution in [0.2, 0.25) is 0 Å². The highest BCUT2D eigenvalue weighted by atomic mass is 79.9. The molecule has 0 heterocycles. The topological polar surface area (TPSA) is 82.9 Å². The molecule has 0 aliphatic carbocycles. The first-order valence-corrected chi connectivity index (χ1v) is 8.56. The molecule has 5 nitrogen and oxygen atoms in total. The van der Waals surface area contributed by atoms with Crippen molar-refractivity contribution in [2.75, 3.05) is 0 Å². The molecule has 0 aliphatic rings. The number of thioether (sulfide) groups is 1. The van der Waals surface area contributed by atoms with Crippen molar-refractivity contribution in [2.45, 2.75) is 39.0 Å². The molecule has 0 saturated carbocycles. The fraction of sp³-hybridized carbons (Fsp3) is 0.467. The fourth-order valence-corrected chi connectivity index (χ4v) is 3.36. The molecule has 0 saturated heterocycles. The van der Waals surface area contributed by atoms with Crippen LogP contribution in [0.1, 0.15) is 44.5 Å². The average Bonchev–Trinajstić information content (AvgIpc) is 2.48. The molecule has 0 fully saturated rings. The largest absolute Gasteiger partial charge is 0.287 e. The number of hydrogen-bond acceptors (Lipinski definition) is 3. The minimum atomic E-state index is -1.02. The van der Waals surface area contributed by atoms with E-state index in [2.05, 4.69) is 26.0 Å². The summed E-state index contributed by atoms with van der Waals surface area (Å²) < 4.78 is 14.2. The minimum Gasteiger partial charge on any atom is -0.287 e. The van der Waals surface area contributed by atoms with Crippen molar-refractivity contribution in [1.82, 2.24) is 0 Å². The summed E-state index contributed by atoms with van der Waals surface area (Å²) in [5.74, 6) is -1.66. The lowest BCUT2D eigenvalue weighted by Crippen LogP contribution is -2.29.